The third-order valence-electron chi connectivity index (χ3n) is 4.11. The van der Waals surface area contributed by atoms with E-state index in [2.05, 4.69) is 9.88 Å². The van der Waals surface area contributed by atoms with Gasteiger partial charge in [-0.3, -0.25) is 9.78 Å². The second kappa shape index (κ2) is 6.30. The summed E-state index contributed by atoms with van der Waals surface area (Å²) in [5.41, 5.74) is 0.986. The van der Waals surface area contributed by atoms with Gasteiger partial charge in [0.2, 0.25) is 0 Å². The van der Waals surface area contributed by atoms with Gasteiger partial charge in [0, 0.05) is 24.7 Å². The molecule has 6 heteroatoms. The lowest BCUT2D eigenvalue weighted by Crippen LogP contribution is -2.37. The van der Waals surface area contributed by atoms with E-state index in [9.17, 15) is 4.79 Å². The quantitative estimate of drug-likeness (QED) is 0.899. The van der Waals surface area contributed by atoms with Crippen molar-refractivity contribution >= 4 is 5.97 Å². The summed E-state index contributed by atoms with van der Waals surface area (Å²) in [6, 6.07) is 1.94. The Labute approximate surface area is 123 Å². The van der Waals surface area contributed by atoms with Crippen molar-refractivity contribution in [3.63, 3.8) is 0 Å². The Bertz CT molecular complexity index is 512. The van der Waals surface area contributed by atoms with Crippen molar-refractivity contribution in [1.29, 1.82) is 0 Å². The average Bonchev–Trinajstić information content (AvgIpc) is 2.53. The van der Waals surface area contributed by atoms with Crippen molar-refractivity contribution in [2.75, 3.05) is 32.8 Å². The van der Waals surface area contributed by atoms with Crippen molar-refractivity contribution in [1.82, 2.24) is 9.88 Å². The molecule has 0 bridgehead atoms. The van der Waals surface area contributed by atoms with E-state index in [1.54, 1.807) is 6.20 Å². The Hall–Kier alpha value is -1.82. The number of aromatic nitrogens is 1. The minimum atomic E-state index is -0.664. The molecule has 0 aromatic carbocycles. The second-order valence-corrected chi connectivity index (χ2v) is 5.52. The maximum absolute atomic E-state index is 10.9. The van der Waals surface area contributed by atoms with Crippen LogP contribution in [0.5, 0.6) is 11.5 Å². The topological polar surface area (TPSA) is 71.9 Å². The molecular weight excluding hydrogens is 272 g/mol. The highest BCUT2D eigenvalue weighted by atomic mass is 16.6. The van der Waals surface area contributed by atoms with Crippen molar-refractivity contribution in [2.45, 2.75) is 19.3 Å². The number of pyridine rings is 1. The van der Waals surface area contributed by atoms with E-state index >= 15 is 0 Å². The molecule has 21 heavy (non-hydrogen) atoms. The fourth-order valence-electron chi connectivity index (χ4n) is 2.80. The highest BCUT2D eigenvalue weighted by molar-refractivity contribution is 5.70. The summed E-state index contributed by atoms with van der Waals surface area (Å²) in [5, 5.41) is 8.99. The zero-order chi connectivity index (χ0) is 14.7. The van der Waals surface area contributed by atoms with Gasteiger partial charge in [-0.25, -0.2) is 0 Å². The molecule has 0 spiro atoms. The fourth-order valence-corrected chi connectivity index (χ4v) is 2.80. The second-order valence-electron chi connectivity index (χ2n) is 5.52. The Balaban J connectivity index is 1.50. The van der Waals surface area contributed by atoms with Crippen molar-refractivity contribution in [3.05, 3.63) is 18.0 Å². The van der Waals surface area contributed by atoms with Crippen molar-refractivity contribution in [3.8, 4) is 11.5 Å². The van der Waals surface area contributed by atoms with Gasteiger partial charge in [-0.1, -0.05) is 0 Å². The molecule has 1 N–H and O–H groups in total. The number of fused-ring (bicyclic) bond motifs is 1. The molecule has 3 heterocycles. The van der Waals surface area contributed by atoms with Crippen LogP contribution in [0.4, 0.5) is 0 Å². The number of aliphatic carboxylic acids is 1. The SMILES string of the molecule is O=C(O)C1CCN(CCc2cc3c(cn2)OCCO3)CC1. The summed E-state index contributed by atoms with van der Waals surface area (Å²) in [5.74, 6) is 0.653. The molecule has 1 saturated heterocycles. The molecule has 3 rings (SSSR count). The van der Waals surface area contributed by atoms with Gasteiger partial charge in [0.1, 0.15) is 13.2 Å². The normalized spacial score (nSPS) is 19.4. The largest absolute Gasteiger partial charge is 0.486 e. The van der Waals surface area contributed by atoms with E-state index < -0.39 is 5.97 Å². The van der Waals surface area contributed by atoms with Gasteiger partial charge in [0.15, 0.2) is 11.5 Å². The van der Waals surface area contributed by atoms with E-state index in [1.165, 1.54) is 0 Å². The van der Waals surface area contributed by atoms with Gasteiger partial charge in [0.25, 0.3) is 0 Å². The summed E-state index contributed by atoms with van der Waals surface area (Å²) < 4.78 is 11.0. The molecule has 0 atom stereocenters. The number of hydrogen-bond donors (Lipinski definition) is 1. The van der Waals surface area contributed by atoms with Crippen molar-refractivity contribution in [2.24, 2.45) is 5.92 Å². The van der Waals surface area contributed by atoms with Gasteiger partial charge in [0.05, 0.1) is 12.1 Å². The number of hydrogen-bond acceptors (Lipinski definition) is 5. The number of rotatable bonds is 4. The number of nitrogens with zero attached hydrogens (tertiary/aromatic N) is 2. The van der Waals surface area contributed by atoms with E-state index in [1.807, 2.05) is 6.07 Å². The van der Waals surface area contributed by atoms with Crippen LogP contribution in [0.25, 0.3) is 0 Å². The van der Waals surface area contributed by atoms with Gasteiger partial charge in [-0.15, -0.1) is 0 Å². The molecule has 0 amide bonds. The number of carbonyl (C=O) groups is 1. The summed E-state index contributed by atoms with van der Waals surface area (Å²) in [6.07, 6.45) is 4.04. The molecule has 1 fully saturated rings. The zero-order valence-corrected chi connectivity index (χ0v) is 12.0. The third kappa shape index (κ3) is 3.44. The average molecular weight is 292 g/mol. The Morgan fingerprint density at radius 3 is 2.71 bits per heavy atom. The molecule has 0 aliphatic carbocycles. The molecule has 6 nitrogen and oxygen atoms in total. The van der Waals surface area contributed by atoms with Crippen LogP contribution >= 0.6 is 0 Å². The van der Waals surface area contributed by atoms with Crippen LogP contribution in [0.2, 0.25) is 0 Å². The van der Waals surface area contributed by atoms with Crippen LogP contribution in [-0.2, 0) is 11.2 Å². The molecule has 2 aliphatic rings. The summed E-state index contributed by atoms with van der Waals surface area (Å²) >= 11 is 0. The highest BCUT2D eigenvalue weighted by Gasteiger charge is 2.24. The zero-order valence-electron chi connectivity index (χ0n) is 12.0. The fraction of sp³-hybridized carbons (Fsp3) is 0.600. The van der Waals surface area contributed by atoms with E-state index in [0.29, 0.717) is 19.0 Å². The van der Waals surface area contributed by atoms with Gasteiger partial charge < -0.3 is 19.5 Å². The van der Waals surface area contributed by atoms with Gasteiger partial charge in [-0.2, -0.15) is 0 Å². The van der Waals surface area contributed by atoms with Crippen LogP contribution in [0.3, 0.4) is 0 Å². The predicted octanol–water partition coefficient (Wildman–Crippen LogP) is 1.19. The van der Waals surface area contributed by atoms with Crippen LogP contribution in [-0.4, -0.2) is 53.8 Å². The first kappa shape index (κ1) is 14.1. The first-order chi connectivity index (χ1) is 10.2. The molecular formula is C15H20N2O4. The first-order valence-corrected chi connectivity index (χ1v) is 7.42. The predicted molar refractivity (Wildman–Crippen MR) is 75.7 cm³/mol. The third-order valence-corrected chi connectivity index (χ3v) is 4.11. The lowest BCUT2D eigenvalue weighted by molar-refractivity contribution is -0.143. The minimum Gasteiger partial charge on any atom is -0.486 e. The van der Waals surface area contributed by atoms with Crippen molar-refractivity contribution < 1.29 is 19.4 Å². The molecule has 0 radical (unpaired) electrons. The Morgan fingerprint density at radius 1 is 1.29 bits per heavy atom. The molecule has 1 aromatic rings. The molecule has 114 valence electrons. The van der Waals surface area contributed by atoms with Crippen LogP contribution in [0, 0.1) is 5.92 Å². The summed E-state index contributed by atoms with van der Waals surface area (Å²) in [4.78, 5) is 17.6. The number of carboxylic acids is 1. The Morgan fingerprint density at radius 2 is 2.00 bits per heavy atom. The standard InChI is InChI=1S/C15H20N2O4/c18-15(19)11-1-4-17(5-2-11)6-3-12-9-13-14(10-16-12)21-8-7-20-13/h9-11H,1-8H2,(H,18,19). The van der Waals surface area contributed by atoms with Gasteiger partial charge in [-0.05, 0) is 25.9 Å². The van der Waals surface area contributed by atoms with Gasteiger partial charge >= 0.3 is 5.97 Å². The maximum Gasteiger partial charge on any atom is 0.306 e. The van der Waals surface area contributed by atoms with Crippen LogP contribution in [0.1, 0.15) is 18.5 Å². The lowest BCUT2D eigenvalue weighted by atomic mass is 9.97. The summed E-state index contributed by atoms with van der Waals surface area (Å²) in [6.45, 7) is 3.76. The van der Waals surface area contributed by atoms with E-state index in [4.69, 9.17) is 14.6 Å². The van der Waals surface area contributed by atoms with Crippen LogP contribution < -0.4 is 9.47 Å². The minimum absolute atomic E-state index is 0.173. The number of likely N-dealkylation sites (tertiary alicyclic amines) is 1. The Kier molecular flexibility index (Phi) is 4.24. The highest BCUT2D eigenvalue weighted by Crippen LogP contribution is 2.29. The number of piperidine rings is 1. The van der Waals surface area contributed by atoms with E-state index in [0.717, 1.165) is 50.3 Å². The molecule has 2 aliphatic heterocycles. The maximum atomic E-state index is 10.9. The number of ether oxygens (including phenoxy) is 2. The molecule has 0 unspecified atom stereocenters. The lowest BCUT2D eigenvalue weighted by Gasteiger charge is -2.29. The molecule has 0 saturated carbocycles. The summed E-state index contributed by atoms with van der Waals surface area (Å²) in [7, 11) is 0. The van der Waals surface area contributed by atoms with E-state index in [-0.39, 0.29) is 5.92 Å². The van der Waals surface area contributed by atoms with Crippen LogP contribution in [0.15, 0.2) is 12.3 Å². The monoisotopic (exact) mass is 292 g/mol. The first-order valence-electron chi connectivity index (χ1n) is 7.42. The number of carboxylic acid groups (broad SMARTS) is 1. The molecule has 1 aromatic heterocycles. The smallest absolute Gasteiger partial charge is 0.306 e.